The molecule has 0 aliphatic heterocycles. The van der Waals surface area contributed by atoms with Crippen molar-refractivity contribution in [2.45, 2.75) is 6.29 Å². The van der Waals surface area contributed by atoms with Gasteiger partial charge in [-0.3, -0.25) is 4.79 Å². The molecule has 0 amide bonds. The molecule has 0 fully saturated rings. The molecule has 0 saturated carbocycles. The van der Waals surface area contributed by atoms with Crippen LogP contribution in [0.5, 0.6) is 0 Å². The molecule has 0 N–H and O–H groups in total. The molecular formula is C8H9BrO3S. The Labute approximate surface area is 88.8 Å². The van der Waals surface area contributed by atoms with Crippen molar-refractivity contribution in [3.63, 3.8) is 0 Å². The predicted octanol–water partition coefficient (Wildman–Crippen LogP) is 2.31. The quantitative estimate of drug-likeness (QED) is 0.619. The predicted molar refractivity (Wildman–Crippen MR) is 54.2 cm³/mol. The van der Waals surface area contributed by atoms with Crippen molar-refractivity contribution in [3.8, 4) is 0 Å². The van der Waals surface area contributed by atoms with Crippen LogP contribution in [0, 0.1) is 0 Å². The number of thiophene rings is 1. The SMILES string of the molecule is COC(OC)C(=O)c1ccc(Br)s1. The smallest absolute Gasteiger partial charge is 0.228 e. The zero-order chi connectivity index (χ0) is 9.84. The second-order valence-corrected chi connectivity index (χ2v) is 4.73. The lowest BCUT2D eigenvalue weighted by Crippen LogP contribution is -2.24. The highest BCUT2D eigenvalue weighted by molar-refractivity contribution is 9.11. The summed E-state index contributed by atoms with van der Waals surface area (Å²) in [5.74, 6) is -0.152. The van der Waals surface area contributed by atoms with Crippen LogP contribution in [-0.2, 0) is 9.47 Å². The monoisotopic (exact) mass is 264 g/mol. The summed E-state index contributed by atoms with van der Waals surface area (Å²) in [6.07, 6.45) is -0.800. The summed E-state index contributed by atoms with van der Waals surface area (Å²) < 4.78 is 10.6. The summed E-state index contributed by atoms with van der Waals surface area (Å²) in [4.78, 5) is 12.2. The summed E-state index contributed by atoms with van der Waals surface area (Å²) in [6, 6.07) is 3.56. The number of ketones is 1. The highest BCUT2D eigenvalue weighted by Gasteiger charge is 2.20. The number of carbonyl (C=O) groups is 1. The van der Waals surface area contributed by atoms with E-state index in [4.69, 9.17) is 9.47 Å². The highest BCUT2D eigenvalue weighted by atomic mass is 79.9. The minimum atomic E-state index is -0.800. The van der Waals surface area contributed by atoms with Crippen molar-refractivity contribution < 1.29 is 14.3 Å². The number of hydrogen-bond donors (Lipinski definition) is 0. The van der Waals surface area contributed by atoms with E-state index in [1.807, 2.05) is 6.07 Å². The molecule has 0 bridgehead atoms. The zero-order valence-electron chi connectivity index (χ0n) is 7.24. The Morgan fingerprint density at radius 1 is 1.46 bits per heavy atom. The number of halogens is 1. The molecule has 5 heteroatoms. The molecule has 1 heterocycles. The van der Waals surface area contributed by atoms with Crippen molar-refractivity contribution in [2.24, 2.45) is 0 Å². The van der Waals surface area contributed by atoms with E-state index in [0.29, 0.717) is 4.88 Å². The first-order valence-electron chi connectivity index (χ1n) is 3.54. The first-order chi connectivity index (χ1) is 6.19. The van der Waals surface area contributed by atoms with Gasteiger partial charge in [0.05, 0.1) is 8.66 Å². The van der Waals surface area contributed by atoms with Crippen LogP contribution in [0.25, 0.3) is 0 Å². The Balaban J connectivity index is 2.78. The molecule has 0 radical (unpaired) electrons. The Morgan fingerprint density at radius 3 is 2.46 bits per heavy atom. The zero-order valence-corrected chi connectivity index (χ0v) is 9.65. The summed E-state index contributed by atoms with van der Waals surface area (Å²) in [7, 11) is 2.88. The van der Waals surface area contributed by atoms with Gasteiger partial charge in [-0.05, 0) is 28.1 Å². The van der Waals surface area contributed by atoms with Gasteiger partial charge in [-0.15, -0.1) is 11.3 Å². The lowest BCUT2D eigenvalue weighted by molar-refractivity contribution is -0.0739. The van der Waals surface area contributed by atoms with E-state index >= 15 is 0 Å². The van der Waals surface area contributed by atoms with Crippen molar-refractivity contribution in [1.29, 1.82) is 0 Å². The average molecular weight is 265 g/mol. The lowest BCUT2D eigenvalue weighted by atomic mass is 10.3. The molecule has 0 unspecified atom stereocenters. The van der Waals surface area contributed by atoms with Gasteiger partial charge in [-0.1, -0.05) is 0 Å². The maximum atomic E-state index is 11.6. The molecule has 13 heavy (non-hydrogen) atoms. The van der Waals surface area contributed by atoms with Gasteiger partial charge >= 0.3 is 0 Å². The molecule has 1 rings (SSSR count). The van der Waals surface area contributed by atoms with Crippen LogP contribution in [-0.4, -0.2) is 26.3 Å². The van der Waals surface area contributed by atoms with Crippen LogP contribution < -0.4 is 0 Å². The van der Waals surface area contributed by atoms with Crippen molar-refractivity contribution in [2.75, 3.05) is 14.2 Å². The molecule has 0 aliphatic carbocycles. The first kappa shape index (κ1) is 10.8. The van der Waals surface area contributed by atoms with Gasteiger partial charge < -0.3 is 9.47 Å². The number of rotatable bonds is 4. The topological polar surface area (TPSA) is 35.5 Å². The highest BCUT2D eigenvalue weighted by Crippen LogP contribution is 2.23. The fourth-order valence-corrected chi connectivity index (χ4v) is 2.21. The average Bonchev–Trinajstić information content (AvgIpc) is 2.54. The molecule has 0 aromatic carbocycles. The standard InChI is InChI=1S/C8H9BrO3S/c1-11-8(12-2)7(10)5-3-4-6(9)13-5/h3-4,8H,1-2H3. The number of methoxy groups -OCH3 is 2. The van der Waals surface area contributed by atoms with Crippen LogP contribution in [0.3, 0.4) is 0 Å². The van der Waals surface area contributed by atoms with Crippen LogP contribution in [0.2, 0.25) is 0 Å². The maximum absolute atomic E-state index is 11.6. The maximum Gasteiger partial charge on any atom is 0.228 e. The second-order valence-electron chi connectivity index (χ2n) is 2.27. The third kappa shape index (κ3) is 2.60. The second kappa shape index (κ2) is 4.85. The third-order valence-corrected chi connectivity index (χ3v) is 3.10. The van der Waals surface area contributed by atoms with Crippen molar-refractivity contribution in [3.05, 3.63) is 20.8 Å². The summed E-state index contributed by atoms with van der Waals surface area (Å²) in [6.45, 7) is 0. The van der Waals surface area contributed by atoms with Gasteiger partial charge in [0.25, 0.3) is 0 Å². The van der Waals surface area contributed by atoms with E-state index in [1.165, 1.54) is 25.6 Å². The molecule has 0 atom stereocenters. The lowest BCUT2D eigenvalue weighted by Gasteiger charge is -2.09. The molecule has 72 valence electrons. The number of hydrogen-bond acceptors (Lipinski definition) is 4. The number of Topliss-reactive ketones (excluding diaryl/α,β-unsaturated/α-hetero) is 1. The van der Waals surface area contributed by atoms with E-state index in [2.05, 4.69) is 15.9 Å². The summed E-state index contributed by atoms with van der Waals surface area (Å²) in [5, 5.41) is 0. The molecular weight excluding hydrogens is 256 g/mol. The van der Waals surface area contributed by atoms with Gasteiger partial charge in [-0.25, -0.2) is 0 Å². The van der Waals surface area contributed by atoms with E-state index in [1.54, 1.807) is 6.07 Å². The molecule has 0 aliphatic rings. The van der Waals surface area contributed by atoms with E-state index in [0.717, 1.165) is 3.79 Å². The van der Waals surface area contributed by atoms with Gasteiger partial charge in [0.2, 0.25) is 12.1 Å². The molecule has 0 spiro atoms. The van der Waals surface area contributed by atoms with Crippen LogP contribution in [0.4, 0.5) is 0 Å². The third-order valence-electron chi connectivity index (χ3n) is 1.46. The minimum Gasteiger partial charge on any atom is -0.349 e. The van der Waals surface area contributed by atoms with E-state index in [9.17, 15) is 4.79 Å². The van der Waals surface area contributed by atoms with Gasteiger partial charge in [-0.2, -0.15) is 0 Å². The number of carbonyl (C=O) groups excluding carboxylic acids is 1. The Morgan fingerprint density at radius 2 is 2.08 bits per heavy atom. The first-order valence-corrected chi connectivity index (χ1v) is 5.15. The molecule has 1 aromatic heterocycles. The molecule has 1 aromatic rings. The normalized spacial score (nSPS) is 10.8. The summed E-state index contributed by atoms with van der Waals surface area (Å²) >= 11 is 4.64. The Hall–Kier alpha value is -0.230. The van der Waals surface area contributed by atoms with Crippen LogP contribution in [0.1, 0.15) is 9.67 Å². The van der Waals surface area contributed by atoms with Gasteiger partial charge in [0, 0.05) is 14.2 Å². The van der Waals surface area contributed by atoms with Crippen LogP contribution >= 0.6 is 27.3 Å². The molecule has 0 saturated heterocycles. The summed E-state index contributed by atoms with van der Waals surface area (Å²) in [5.41, 5.74) is 0. The van der Waals surface area contributed by atoms with Crippen molar-refractivity contribution >= 4 is 33.0 Å². The van der Waals surface area contributed by atoms with E-state index in [-0.39, 0.29) is 5.78 Å². The Bertz CT molecular complexity index is 293. The van der Waals surface area contributed by atoms with Crippen LogP contribution in [0.15, 0.2) is 15.9 Å². The Kier molecular flexibility index (Phi) is 4.05. The fraction of sp³-hybridized carbons (Fsp3) is 0.375. The van der Waals surface area contributed by atoms with E-state index < -0.39 is 6.29 Å². The van der Waals surface area contributed by atoms with Gasteiger partial charge in [0.15, 0.2) is 0 Å². The number of ether oxygens (including phenoxy) is 2. The largest absolute Gasteiger partial charge is 0.349 e. The minimum absolute atomic E-state index is 0.152. The van der Waals surface area contributed by atoms with Gasteiger partial charge in [0.1, 0.15) is 0 Å². The van der Waals surface area contributed by atoms with Crippen molar-refractivity contribution in [1.82, 2.24) is 0 Å². The molecule has 3 nitrogen and oxygen atoms in total. The fourth-order valence-electron chi connectivity index (χ4n) is 0.873.